The van der Waals surface area contributed by atoms with Gasteiger partial charge in [-0.1, -0.05) is 38.8 Å². The van der Waals surface area contributed by atoms with Gasteiger partial charge in [-0.3, -0.25) is 9.59 Å². The van der Waals surface area contributed by atoms with Crippen molar-refractivity contribution in [2.24, 2.45) is 11.8 Å². The van der Waals surface area contributed by atoms with Gasteiger partial charge in [0, 0.05) is 18.2 Å². The Morgan fingerprint density at radius 3 is 2.54 bits per heavy atom. The summed E-state index contributed by atoms with van der Waals surface area (Å²) >= 11 is 0. The molecule has 1 fully saturated rings. The number of anilines is 1. The minimum atomic E-state index is -0.677. The Morgan fingerprint density at radius 1 is 1.18 bits per heavy atom. The molecule has 7 nitrogen and oxygen atoms in total. The van der Waals surface area contributed by atoms with Crippen molar-refractivity contribution in [2.75, 3.05) is 11.9 Å². The summed E-state index contributed by atoms with van der Waals surface area (Å²) in [6, 6.07) is 6.76. The number of hydrogen-bond acceptors (Lipinski definition) is 4. The molecular formula is C21H31N3O4. The molecule has 0 radical (unpaired) electrons. The fraction of sp³-hybridized carbons (Fsp3) is 0.571. The first-order chi connectivity index (χ1) is 13.4. The zero-order chi connectivity index (χ0) is 20.5. The van der Waals surface area contributed by atoms with Crippen LogP contribution in [0.3, 0.4) is 0 Å². The highest BCUT2D eigenvalue weighted by molar-refractivity contribution is 5.92. The van der Waals surface area contributed by atoms with Gasteiger partial charge in [0.25, 0.3) is 0 Å². The minimum absolute atomic E-state index is 0.0668. The molecule has 3 amide bonds. The van der Waals surface area contributed by atoms with E-state index >= 15 is 0 Å². The van der Waals surface area contributed by atoms with Crippen LogP contribution >= 0.6 is 0 Å². The lowest BCUT2D eigenvalue weighted by Gasteiger charge is -2.21. The summed E-state index contributed by atoms with van der Waals surface area (Å²) < 4.78 is 4.86. The molecule has 1 aliphatic rings. The molecule has 1 unspecified atom stereocenters. The quantitative estimate of drug-likeness (QED) is 0.636. The fourth-order valence-corrected chi connectivity index (χ4v) is 3.33. The van der Waals surface area contributed by atoms with E-state index in [1.54, 1.807) is 6.92 Å². The molecule has 0 heterocycles. The molecule has 7 heteroatoms. The lowest BCUT2D eigenvalue weighted by atomic mass is 10.0. The second-order valence-corrected chi connectivity index (χ2v) is 7.48. The van der Waals surface area contributed by atoms with Gasteiger partial charge in [0.2, 0.25) is 11.8 Å². The average Bonchev–Trinajstić information content (AvgIpc) is 3.19. The highest BCUT2D eigenvalue weighted by Gasteiger charge is 2.25. The van der Waals surface area contributed by atoms with Gasteiger partial charge in [0.1, 0.15) is 6.04 Å². The van der Waals surface area contributed by atoms with Gasteiger partial charge >= 0.3 is 6.09 Å². The van der Waals surface area contributed by atoms with E-state index in [4.69, 9.17) is 4.74 Å². The molecule has 0 saturated heterocycles. The standard InChI is InChI=1S/C21H31N3O4/c1-4-28-21(27)24-18(14(2)3)20(26)22-13-15-8-7-11-17(12-15)23-19(25)16-9-5-6-10-16/h7-8,11-12,14,16,18H,4-6,9-10,13H2,1-3H3,(H,22,26)(H,23,25)(H,24,27). The molecule has 2 rings (SSSR count). The number of alkyl carbamates (subject to hydrolysis) is 1. The van der Waals surface area contributed by atoms with Gasteiger partial charge in [-0.15, -0.1) is 0 Å². The molecule has 1 saturated carbocycles. The Kier molecular flexibility index (Phi) is 8.29. The number of nitrogens with one attached hydrogen (secondary N) is 3. The maximum atomic E-state index is 12.5. The molecule has 1 aromatic rings. The van der Waals surface area contributed by atoms with Crippen LogP contribution in [0.4, 0.5) is 10.5 Å². The fourth-order valence-electron chi connectivity index (χ4n) is 3.33. The molecule has 0 bridgehead atoms. The summed E-state index contributed by atoms with van der Waals surface area (Å²) in [5.74, 6) is -0.189. The van der Waals surface area contributed by atoms with Gasteiger partial charge in [-0.2, -0.15) is 0 Å². The molecule has 1 aliphatic carbocycles. The minimum Gasteiger partial charge on any atom is -0.450 e. The zero-order valence-corrected chi connectivity index (χ0v) is 16.9. The molecule has 1 atom stereocenters. The van der Waals surface area contributed by atoms with Gasteiger partial charge in [0.05, 0.1) is 6.61 Å². The smallest absolute Gasteiger partial charge is 0.407 e. The third-order valence-electron chi connectivity index (χ3n) is 4.89. The van der Waals surface area contributed by atoms with E-state index in [0.717, 1.165) is 36.9 Å². The molecule has 0 spiro atoms. The lowest BCUT2D eigenvalue weighted by molar-refractivity contribution is -0.124. The van der Waals surface area contributed by atoms with Crippen molar-refractivity contribution < 1.29 is 19.1 Å². The first-order valence-electron chi connectivity index (χ1n) is 10.0. The predicted octanol–water partition coefficient (Wildman–Crippen LogP) is 3.20. The maximum absolute atomic E-state index is 12.5. The molecule has 3 N–H and O–H groups in total. The summed E-state index contributed by atoms with van der Waals surface area (Å²) in [5.41, 5.74) is 1.60. The Labute approximate surface area is 166 Å². The Balaban J connectivity index is 1.90. The summed E-state index contributed by atoms with van der Waals surface area (Å²) in [6.07, 6.45) is 3.52. The van der Waals surface area contributed by atoms with E-state index in [2.05, 4.69) is 16.0 Å². The Hall–Kier alpha value is -2.57. The van der Waals surface area contributed by atoms with Gasteiger partial charge in [0.15, 0.2) is 0 Å². The predicted molar refractivity (Wildman–Crippen MR) is 108 cm³/mol. The first-order valence-corrected chi connectivity index (χ1v) is 10.0. The number of amides is 3. The van der Waals surface area contributed by atoms with Gasteiger partial charge in [-0.25, -0.2) is 4.79 Å². The van der Waals surface area contributed by atoms with Crippen LogP contribution in [0.25, 0.3) is 0 Å². The third-order valence-corrected chi connectivity index (χ3v) is 4.89. The highest BCUT2D eigenvalue weighted by Crippen LogP contribution is 2.26. The summed E-state index contributed by atoms with van der Waals surface area (Å²) in [5, 5.41) is 8.40. The van der Waals surface area contributed by atoms with Crippen molar-refractivity contribution in [3.8, 4) is 0 Å². The van der Waals surface area contributed by atoms with Crippen molar-refractivity contribution in [2.45, 2.75) is 59.0 Å². The number of hydrogen-bond donors (Lipinski definition) is 3. The van der Waals surface area contributed by atoms with Gasteiger partial charge < -0.3 is 20.7 Å². The van der Waals surface area contributed by atoms with E-state index in [-0.39, 0.29) is 30.3 Å². The largest absolute Gasteiger partial charge is 0.450 e. The molecule has 28 heavy (non-hydrogen) atoms. The van der Waals surface area contributed by atoms with Crippen LogP contribution < -0.4 is 16.0 Å². The van der Waals surface area contributed by atoms with Crippen molar-refractivity contribution in [3.63, 3.8) is 0 Å². The lowest BCUT2D eigenvalue weighted by Crippen LogP contribution is -2.49. The molecular weight excluding hydrogens is 358 g/mol. The van der Waals surface area contributed by atoms with Gasteiger partial charge in [-0.05, 0) is 43.4 Å². The molecule has 0 aromatic heterocycles. The van der Waals surface area contributed by atoms with Crippen molar-refractivity contribution >= 4 is 23.6 Å². The summed E-state index contributed by atoms with van der Waals surface area (Å²) in [4.78, 5) is 36.4. The molecule has 0 aliphatic heterocycles. The van der Waals surface area contributed by atoms with E-state index in [1.165, 1.54) is 0 Å². The van der Waals surface area contributed by atoms with Crippen LogP contribution in [-0.2, 0) is 20.9 Å². The van der Waals surface area contributed by atoms with E-state index in [9.17, 15) is 14.4 Å². The second kappa shape index (κ2) is 10.7. The number of rotatable bonds is 8. The topological polar surface area (TPSA) is 96.5 Å². The first kappa shape index (κ1) is 21.7. The van der Waals surface area contributed by atoms with Crippen LogP contribution in [0, 0.1) is 11.8 Å². The second-order valence-electron chi connectivity index (χ2n) is 7.48. The van der Waals surface area contributed by atoms with Crippen LogP contribution in [0.5, 0.6) is 0 Å². The number of carbonyl (C=O) groups excluding carboxylic acids is 3. The van der Waals surface area contributed by atoms with Crippen molar-refractivity contribution in [3.05, 3.63) is 29.8 Å². The third kappa shape index (κ3) is 6.55. The van der Waals surface area contributed by atoms with E-state index < -0.39 is 12.1 Å². The zero-order valence-electron chi connectivity index (χ0n) is 16.9. The van der Waals surface area contributed by atoms with Crippen LogP contribution in [0.2, 0.25) is 0 Å². The Morgan fingerprint density at radius 2 is 1.89 bits per heavy atom. The molecule has 1 aromatic carbocycles. The SMILES string of the molecule is CCOC(=O)NC(C(=O)NCc1cccc(NC(=O)C2CCCC2)c1)C(C)C. The summed E-state index contributed by atoms with van der Waals surface area (Å²) in [6.45, 7) is 5.98. The van der Waals surface area contributed by atoms with Crippen LogP contribution in [0.15, 0.2) is 24.3 Å². The number of ether oxygens (including phenoxy) is 1. The van der Waals surface area contributed by atoms with E-state index in [0.29, 0.717) is 6.54 Å². The van der Waals surface area contributed by atoms with Crippen LogP contribution in [-0.4, -0.2) is 30.6 Å². The van der Waals surface area contributed by atoms with E-state index in [1.807, 2.05) is 38.1 Å². The maximum Gasteiger partial charge on any atom is 0.407 e. The highest BCUT2D eigenvalue weighted by atomic mass is 16.5. The monoisotopic (exact) mass is 389 g/mol. The van der Waals surface area contributed by atoms with Crippen molar-refractivity contribution in [1.82, 2.24) is 10.6 Å². The van der Waals surface area contributed by atoms with Crippen LogP contribution in [0.1, 0.15) is 52.0 Å². The average molecular weight is 389 g/mol. The van der Waals surface area contributed by atoms with Crippen molar-refractivity contribution in [1.29, 1.82) is 0 Å². The normalized spacial score (nSPS) is 15.1. The molecule has 154 valence electrons. The summed E-state index contributed by atoms with van der Waals surface area (Å²) in [7, 11) is 0. The Bertz CT molecular complexity index is 684. The number of carbonyl (C=O) groups is 3. The number of benzene rings is 1.